The molecule has 1 atom stereocenters. The lowest BCUT2D eigenvalue weighted by Crippen LogP contribution is -2.32. The van der Waals surface area contributed by atoms with Crippen molar-refractivity contribution in [2.75, 3.05) is 18.4 Å². The predicted octanol–water partition coefficient (Wildman–Crippen LogP) is 6.20. The number of piperidine rings is 1. The van der Waals surface area contributed by atoms with Crippen LogP contribution in [-0.4, -0.2) is 32.6 Å². The zero-order valence-electron chi connectivity index (χ0n) is 18.2. The number of aromatic nitrogens is 4. The molecule has 176 valence electrons. The monoisotopic (exact) mass is 518 g/mol. The van der Waals surface area contributed by atoms with Crippen molar-refractivity contribution in [3.8, 4) is 11.4 Å². The van der Waals surface area contributed by atoms with E-state index in [0.29, 0.717) is 57.0 Å². The summed E-state index contributed by atoms with van der Waals surface area (Å²) in [5.41, 5.74) is 2.43. The summed E-state index contributed by atoms with van der Waals surface area (Å²) in [6.07, 6.45) is 3.82. The van der Waals surface area contributed by atoms with Crippen molar-refractivity contribution in [1.82, 2.24) is 24.8 Å². The van der Waals surface area contributed by atoms with E-state index in [2.05, 4.69) is 20.6 Å². The van der Waals surface area contributed by atoms with Gasteiger partial charge in [-0.15, -0.1) is 0 Å². The van der Waals surface area contributed by atoms with E-state index in [1.54, 1.807) is 30.5 Å². The highest BCUT2D eigenvalue weighted by molar-refractivity contribution is 6.42. The minimum Gasteiger partial charge on any atom is -0.350 e. The van der Waals surface area contributed by atoms with Gasteiger partial charge in [0, 0.05) is 13.1 Å². The molecule has 2 aromatic carbocycles. The minimum atomic E-state index is -0.420. The van der Waals surface area contributed by atoms with Gasteiger partial charge in [-0.1, -0.05) is 46.9 Å². The quantitative estimate of drug-likeness (QED) is 0.317. The van der Waals surface area contributed by atoms with Crippen LogP contribution in [0.3, 0.4) is 0 Å². The van der Waals surface area contributed by atoms with Gasteiger partial charge in [0.1, 0.15) is 17.2 Å². The minimum absolute atomic E-state index is 0.274. The summed E-state index contributed by atoms with van der Waals surface area (Å²) >= 11 is 18.5. The highest BCUT2D eigenvalue weighted by Crippen LogP contribution is 2.33. The summed E-state index contributed by atoms with van der Waals surface area (Å²) in [6.45, 7) is 3.01. The Morgan fingerprint density at radius 3 is 2.74 bits per heavy atom. The van der Waals surface area contributed by atoms with Crippen molar-refractivity contribution >= 4 is 51.9 Å². The number of nitrogens with one attached hydrogen (secondary N) is 2. The van der Waals surface area contributed by atoms with Crippen LogP contribution in [0.25, 0.3) is 22.6 Å². The molecule has 1 fully saturated rings. The Hall–Kier alpha value is -2.45. The summed E-state index contributed by atoms with van der Waals surface area (Å²) in [6, 6.07) is 10.1. The summed E-state index contributed by atoms with van der Waals surface area (Å²) in [4.78, 5) is 13.8. The van der Waals surface area contributed by atoms with Gasteiger partial charge in [0.15, 0.2) is 5.65 Å². The Kier molecular flexibility index (Phi) is 6.88. The van der Waals surface area contributed by atoms with Crippen LogP contribution in [0, 0.1) is 11.7 Å². The molecular formula is C24H22Cl3FN6. The van der Waals surface area contributed by atoms with Crippen molar-refractivity contribution in [3.63, 3.8) is 0 Å². The molecule has 10 heteroatoms. The second-order valence-corrected chi connectivity index (χ2v) is 9.58. The van der Waals surface area contributed by atoms with Gasteiger partial charge in [0.25, 0.3) is 0 Å². The first-order chi connectivity index (χ1) is 16.5. The standard InChI is InChI=1S/C24H22Cl3FN6/c25-16-7-6-14(9-18(16)27)11-30-24-31-12-20-22(33-24)34(13-15-3-2-8-29-10-15)23(32-20)21-17(26)4-1-5-19(21)28/h1,4-7,9,12,15,29H,2-3,8,10-11,13H2,(H,30,31,33)/t15-/m1/s1. The van der Waals surface area contributed by atoms with E-state index >= 15 is 0 Å². The highest BCUT2D eigenvalue weighted by atomic mass is 35.5. The van der Waals surface area contributed by atoms with Crippen LogP contribution < -0.4 is 10.6 Å². The van der Waals surface area contributed by atoms with E-state index < -0.39 is 5.82 Å². The van der Waals surface area contributed by atoms with E-state index in [-0.39, 0.29) is 5.56 Å². The number of nitrogens with zero attached hydrogens (tertiary/aromatic N) is 4. The molecule has 34 heavy (non-hydrogen) atoms. The average Bonchev–Trinajstić information content (AvgIpc) is 3.17. The van der Waals surface area contributed by atoms with E-state index in [4.69, 9.17) is 39.8 Å². The van der Waals surface area contributed by atoms with Crippen LogP contribution in [0.15, 0.2) is 42.6 Å². The van der Waals surface area contributed by atoms with Gasteiger partial charge in [-0.05, 0) is 61.7 Å². The molecule has 4 aromatic rings. The molecule has 2 aromatic heterocycles. The summed E-state index contributed by atoms with van der Waals surface area (Å²) in [7, 11) is 0. The first-order valence-electron chi connectivity index (χ1n) is 11.1. The van der Waals surface area contributed by atoms with Crippen LogP contribution in [0.5, 0.6) is 0 Å². The van der Waals surface area contributed by atoms with Crippen molar-refractivity contribution in [2.24, 2.45) is 5.92 Å². The Bertz CT molecular complexity index is 1320. The first-order valence-corrected chi connectivity index (χ1v) is 12.2. The van der Waals surface area contributed by atoms with Crippen LogP contribution in [0.2, 0.25) is 15.1 Å². The van der Waals surface area contributed by atoms with E-state index in [1.165, 1.54) is 6.07 Å². The molecule has 0 bridgehead atoms. The van der Waals surface area contributed by atoms with Gasteiger partial charge in [-0.25, -0.2) is 14.4 Å². The zero-order chi connectivity index (χ0) is 23.7. The molecule has 5 rings (SSSR count). The highest BCUT2D eigenvalue weighted by Gasteiger charge is 2.23. The number of halogens is 4. The molecule has 0 radical (unpaired) electrons. The van der Waals surface area contributed by atoms with Gasteiger partial charge >= 0.3 is 0 Å². The van der Waals surface area contributed by atoms with Crippen molar-refractivity contribution in [1.29, 1.82) is 0 Å². The number of hydrogen-bond donors (Lipinski definition) is 2. The number of anilines is 1. The second-order valence-electron chi connectivity index (χ2n) is 8.36. The number of hydrogen-bond acceptors (Lipinski definition) is 5. The fraction of sp³-hybridized carbons (Fsp3) is 0.292. The zero-order valence-corrected chi connectivity index (χ0v) is 20.4. The van der Waals surface area contributed by atoms with Crippen molar-refractivity contribution in [2.45, 2.75) is 25.9 Å². The van der Waals surface area contributed by atoms with Gasteiger partial charge in [-0.3, -0.25) is 0 Å². The first kappa shape index (κ1) is 23.3. The number of rotatable bonds is 6. The van der Waals surface area contributed by atoms with Crippen LogP contribution >= 0.6 is 34.8 Å². The van der Waals surface area contributed by atoms with Gasteiger partial charge < -0.3 is 15.2 Å². The lowest BCUT2D eigenvalue weighted by Gasteiger charge is -2.24. The molecule has 3 heterocycles. The van der Waals surface area contributed by atoms with E-state index in [0.717, 1.165) is 31.5 Å². The summed E-state index contributed by atoms with van der Waals surface area (Å²) in [5.74, 6) is 0.849. The molecule has 0 unspecified atom stereocenters. The smallest absolute Gasteiger partial charge is 0.225 e. The van der Waals surface area contributed by atoms with E-state index in [1.807, 2.05) is 10.6 Å². The van der Waals surface area contributed by atoms with Crippen LogP contribution in [0.4, 0.5) is 10.3 Å². The summed E-state index contributed by atoms with van der Waals surface area (Å²) in [5, 5.41) is 7.96. The lowest BCUT2D eigenvalue weighted by atomic mass is 9.99. The molecule has 0 aliphatic carbocycles. The maximum Gasteiger partial charge on any atom is 0.225 e. The maximum atomic E-state index is 14.9. The molecule has 6 nitrogen and oxygen atoms in total. The maximum absolute atomic E-state index is 14.9. The largest absolute Gasteiger partial charge is 0.350 e. The molecule has 1 aliphatic heterocycles. The van der Waals surface area contributed by atoms with E-state index in [9.17, 15) is 4.39 Å². The Morgan fingerprint density at radius 1 is 1.09 bits per heavy atom. The average molecular weight is 520 g/mol. The van der Waals surface area contributed by atoms with Crippen molar-refractivity contribution in [3.05, 3.63) is 69.0 Å². The molecule has 0 saturated carbocycles. The third-order valence-corrected chi connectivity index (χ3v) is 7.00. The fourth-order valence-electron chi connectivity index (χ4n) is 4.25. The SMILES string of the molecule is Fc1cccc(Cl)c1-c1nc2cnc(NCc3ccc(Cl)c(Cl)c3)nc2n1C[C@@H]1CCCNC1. The third kappa shape index (κ3) is 4.84. The number of imidazole rings is 1. The summed E-state index contributed by atoms with van der Waals surface area (Å²) < 4.78 is 16.8. The Balaban J connectivity index is 1.52. The van der Waals surface area contributed by atoms with Gasteiger partial charge in [0.2, 0.25) is 5.95 Å². The van der Waals surface area contributed by atoms with Gasteiger partial charge in [-0.2, -0.15) is 4.98 Å². The fourth-order valence-corrected chi connectivity index (χ4v) is 4.82. The molecule has 2 N–H and O–H groups in total. The molecule has 0 spiro atoms. The predicted molar refractivity (Wildman–Crippen MR) is 135 cm³/mol. The van der Waals surface area contributed by atoms with Crippen molar-refractivity contribution < 1.29 is 4.39 Å². The number of benzene rings is 2. The number of fused-ring (bicyclic) bond motifs is 1. The Morgan fingerprint density at radius 2 is 1.97 bits per heavy atom. The molecule has 0 amide bonds. The normalized spacial score (nSPS) is 16.2. The van der Waals surface area contributed by atoms with Crippen LogP contribution in [0.1, 0.15) is 18.4 Å². The lowest BCUT2D eigenvalue weighted by molar-refractivity contribution is 0.341. The molecule has 1 saturated heterocycles. The topological polar surface area (TPSA) is 67.7 Å². The molecular weight excluding hydrogens is 498 g/mol. The van der Waals surface area contributed by atoms with Crippen LogP contribution in [-0.2, 0) is 13.1 Å². The third-order valence-electron chi connectivity index (χ3n) is 5.95. The molecule has 1 aliphatic rings. The van der Waals surface area contributed by atoms with Gasteiger partial charge in [0.05, 0.1) is 26.8 Å². The Labute approximate surface area is 211 Å². The second kappa shape index (κ2) is 10.0.